The third-order valence-electron chi connectivity index (χ3n) is 2.61. The number of nitrogens with two attached hydrogens (primary N) is 1. The number of benzene rings is 2. The third-order valence-corrected chi connectivity index (χ3v) is 3.80. The molecule has 0 aromatic heterocycles. The molecule has 0 aliphatic carbocycles. The summed E-state index contributed by atoms with van der Waals surface area (Å²) >= 11 is 0.429. The minimum absolute atomic E-state index is 0.0841. The summed E-state index contributed by atoms with van der Waals surface area (Å²) in [5, 5.41) is 0. The van der Waals surface area contributed by atoms with E-state index in [-0.39, 0.29) is 11.3 Å². The Morgan fingerprint density at radius 3 is 2.10 bits per heavy atom. The summed E-state index contributed by atoms with van der Waals surface area (Å²) in [6.07, 6.45) is 0. The monoisotopic (exact) mass is 301 g/mol. The SMILES string of the molecule is Nc1cc(F)c(SCC(F)(F)c2ccccc2)c(F)c1. The molecule has 0 heterocycles. The lowest BCUT2D eigenvalue weighted by Crippen LogP contribution is -2.16. The van der Waals surface area contributed by atoms with E-state index in [9.17, 15) is 17.6 Å². The van der Waals surface area contributed by atoms with E-state index in [4.69, 9.17) is 5.73 Å². The highest BCUT2D eigenvalue weighted by Crippen LogP contribution is 2.36. The van der Waals surface area contributed by atoms with Crippen LogP contribution in [0.25, 0.3) is 0 Å². The molecule has 0 spiro atoms. The quantitative estimate of drug-likeness (QED) is 0.513. The van der Waals surface area contributed by atoms with Crippen molar-refractivity contribution in [3.8, 4) is 0 Å². The molecule has 0 unspecified atom stereocenters. The highest BCUT2D eigenvalue weighted by Gasteiger charge is 2.32. The average Bonchev–Trinajstić information content (AvgIpc) is 2.38. The topological polar surface area (TPSA) is 26.0 Å². The Labute approximate surface area is 117 Å². The van der Waals surface area contributed by atoms with Gasteiger partial charge in [0.15, 0.2) is 0 Å². The molecule has 0 saturated carbocycles. The van der Waals surface area contributed by atoms with E-state index >= 15 is 0 Å². The van der Waals surface area contributed by atoms with Crippen LogP contribution >= 0.6 is 11.8 Å². The summed E-state index contributed by atoms with van der Waals surface area (Å²) < 4.78 is 54.8. The van der Waals surface area contributed by atoms with Gasteiger partial charge in [-0.2, -0.15) is 0 Å². The summed E-state index contributed by atoms with van der Waals surface area (Å²) in [4.78, 5) is -0.449. The Balaban J connectivity index is 2.17. The molecule has 0 aliphatic heterocycles. The molecule has 0 fully saturated rings. The molecule has 0 saturated heterocycles. The van der Waals surface area contributed by atoms with E-state index in [1.165, 1.54) is 24.3 Å². The maximum Gasteiger partial charge on any atom is 0.282 e. The number of hydrogen-bond acceptors (Lipinski definition) is 2. The normalized spacial score (nSPS) is 11.6. The van der Waals surface area contributed by atoms with Gasteiger partial charge in [-0.1, -0.05) is 30.3 Å². The number of nitrogen functional groups attached to an aromatic ring is 1. The zero-order valence-electron chi connectivity index (χ0n) is 10.2. The second-order valence-corrected chi connectivity index (χ2v) is 5.16. The molecule has 0 amide bonds. The number of anilines is 1. The summed E-state index contributed by atoms with van der Waals surface area (Å²) in [6, 6.07) is 8.95. The Morgan fingerprint density at radius 1 is 1.00 bits per heavy atom. The van der Waals surface area contributed by atoms with Gasteiger partial charge in [0.1, 0.15) is 11.6 Å². The van der Waals surface area contributed by atoms with Crippen molar-refractivity contribution in [3.05, 3.63) is 59.7 Å². The highest BCUT2D eigenvalue weighted by molar-refractivity contribution is 7.99. The van der Waals surface area contributed by atoms with E-state index in [0.717, 1.165) is 12.1 Å². The lowest BCUT2D eigenvalue weighted by Gasteiger charge is -2.16. The maximum absolute atomic E-state index is 13.9. The van der Waals surface area contributed by atoms with Gasteiger partial charge in [0.25, 0.3) is 5.92 Å². The molecule has 2 rings (SSSR count). The van der Waals surface area contributed by atoms with Crippen molar-refractivity contribution in [3.63, 3.8) is 0 Å². The molecule has 6 heteroatoms. The predicted octanol–water partition coefficient (Wildman–Crippen LogP) is 4.43. The van der Waals surface area contributed by atoms with Gasteiger partial charge in [0.05, 0.1) is 10.6 Å². The van der Waals surface area contributed by atoms with Gasteiger partial charge in [-0.3, -0.25) is 0 Å². The molecule has 2 aromatic carbocycles. The summed E-state index contributed by atoms with van der Waals surface area (Å²) in [7, 11) is 0. The van der Waals surface area contributed by atoms with Crippen LogP contribution in [0.1, 0.15) is 5.56 Å². The fourth-order valence-electron chi connectivity index (χ4n) is 1.65. The Kier molecular flexibility index (Phi) is 4.23. The Hall–Kier alpha value is -1.69. The number of hydrogen-bond donors (Lipinski definition) is 1. The zero-order chi connectivity index (χ0) is 14.8. The van der Waals surface area contributed by atoms with Crippen molar-refractivity contribution in [2.24, 2.45) is 0 Å². The minimum Gasteiger partial charge on any atom is -0.399 e. The molecular weight excluding hydrogens is 290 g/mol. The standard InChI is InChI=1S/C14H11F4NS/c15-11-6-10(19)7-12(16)13(11)20-8-14(17,18)9-4-2-1-3-5-9/h1-7H,8,19H2. The molecule has 0 aliphatic rings. The van der Waals surface area contributed by atoms with Crippen LogP contribution in [0.15, 0.2) is 47.4 Å². The molecule has 106 valence electrons. The number of alkyl halides is 2. The van der Waals surface area contributed by atoms with E-state index in [1.807, 2.05) is 0 Å². The largest absolute Gasteiger partial charge is 0.399 e. The van der Waals surface area contributed by atoms with Gasteiger partial charge >= 0.3 is 0 Å². The average molecular weight is 301 g/mol. The fourth-order valence-corrected chi connectivity index (χ4v) is 2.53. The van der Waals surface area contributed by atoms with Gasteiger partial charge < -0.3 is 5.73 Å². The second-order valence-electron chi connectivity index (χ2n) is 4.17. The number of halogens is 4. The Bertz CT molecular complexity index is 578. The lowest BCUT2D eigenvalue weighted by atomic mass is 10.1. The zero-order valence-corrected chi connectivity index (χ0v) is 11.1. The molecule has 20 heavy (non-hydrogen) atoms. The smallest absolute Gasteiger partial charge is 0.282 e. The fraction of sp³-hybridized carbons (Fsp3) is 0.143. The third kappa shape index (κ3) is 3.25. The molecule has 0 bridgehead atoms. The first-order valence-electron chi connectivity index (χ1n) is 5.71. The van der Waals surface area contributed by atoms with Crippen molar-refractivity contribution in [1.82, 2.24) is 0 Å². The lowest BCUT2D eigenvalue weighted by molar-refractivity contribution is 0.0231. The van der Waals surface area contributed by atoms with Crippen LogP contribution in [0, 0.1) is 11.6 Å². The van der Waals surface area contributed by atoms with Crippen molar-refractivity contribution in [1.29, 1.82) is 0 Å². The summed E-state index contributed by atoms with van der Waals surface area (Å²) in [6.45, 7) is 0. The summed E-state index contributed by atoms with van der Waals surface area (Å²) in [5.74, 6) is -5.80. The second kappa shape index (κ2) is 5.75. The summed E-state index contributed by atoms with van der Waals surface area (Å²) in [5.41, 5.74) is 4.99. The van der Waals surface area contributed by atoms with Gasteiger partial charge in [-0.05, 0) is 12.1 Å². The van der Waals surface area contributed by atoms with E-state index in [0.29, 0.717) is 11.8 Å². The van der Waals surface area contributed by atoms with Crippen LogP contribution in [0.4, 0.5) is 23.2 Å². The van der Waals surface area contributed by atoms with Gasteiger partial charge in [0.2, 0.25) is 0 Å². The molecular formula is C14H11F4NS. The van der Waals surface area contributed by atoms with Gasteiger partial charge in [0, 0.05) is 11.3 Å². The highest BCUT2D eigenvalue weighted by atomic mass is 32.2. The van der Waals surface area contributed by atoms with Crippen LogP contribution in [0.5, 0.6) is 0 Å². The van der Waals surface area contributed by atoms with Gasteiger partial charge in [-0.25, -0.2) is 17.6 Å². The van der Waals surface area contributed by atoms with E-state index in [2.05, 4.69) is 0 Å². The number of rotatable bonds is 4. The number of thioether (sulfide) groups is 1. The molecule has 2 N–H and O–H groups in total. The van der Waals surface area contributed by atoms with Crippen molar-refractivity contribution < 1.29 is 17.6 Å². The van der Waals surface area contributed by atoms with Crippen molar-refractivity contribution in [2.45, 2.75) is 10.8 Å². The first-order valence-corrected chi connectivity index (χ1v) is 6.69. The van der Waals surface area contributed by atoms with Crippen molar-refractivity contribution >= 4 is 17.4 Å². The first kappa shape index (κ1) is 14.7. The minimum atomic E-state index is -3.17. The van der Waals surface area contributed by atoms with Crippen LogP contribution in [0.3, 0.4) is 0 Å². The Morgan fingerprint density at radius 2 is 1.55 bits per heavy atom. The van der Waals surface area contributed by atoms with Gasteiger partial charge in [-0.15, -0.1) is 11.8 Å². The molecule has 0 radical (unpaired) electrons. The van der Waals surface area contributed by atoms with Crippen LogP contribution in [-0.4, -0.2) is 5.75 Å². The first-order chi connectivity index (χ1) is 9.40. The maximum atomic E-state index is 13.9. The van der Waals surface area contributed by atoms with E-state index < -0.39 is 28.2 Å². The van der Waals surface area contributed by atoms with E-state index in [1.54, 1.807) is 6.07 Å². The predicted molar refractivity (Wildman–Crippen MR) is 71.8 cm³/mol. The molecule has 2 aromatic rings. The van der Waals surface area contributed by atoms with Crippen molar-refractivity contribution in [2.75, 3.05) is 11.5 Å². The molecule has 1 nitrogen and oxygen atoms in total. The molecule has 0 atom stereocenters. The van der Waals surface area contributed by atoms with Crippen LogP contribution < -0.4 is 5.73 Å². The van der Waals surface area contributed by atoms with Crippen LogP contribution in [-0.2, 0) is 5.92 Å². The van der Waals surface area contributed by atoms with Crippen LogP contribution in [0.2, 0.25) is 0 Å².